The standard InChI is InChI=1S/C15H23N3O/c1-11(16)8-9-17(2)13-5-6-14-12(10-13)4-7-15(19)18(14)3/h5-6,10-11H,4,7-9,16H2,1-3H3. The maximum Gasteiger partial charge on any atom is 0.227 e. The maximum atomic E-state index is 11.7. The van der Waals surface area contributed by atoms with Gasteiger partial charge < -0.3 is 15.5 Å². The Morgan fingerprint density at radius 1 is 1.42 bits per heavy atom. The van der Waals surface area contributed by atoms with E-state index in [4.69, 9.17) is 5.73 Å². The van der Waals surface area contributed by atoms with Crippen LogP contribution in [0.2, 0.25) is 0 Å². The van der Waals surface area contributed by atoms with Crippen molar-refractivity contribution in [3.05, 3.63) is 23.8 Å². The van der Waals surface area contributed by atoms with E-state index in [0.717, 1.165) is 25.1 Å². The number of benzene rings is 1. The fourth-order valence-electron chi connectivity index (χ4n) is 2.41. The highest BCUT2D eigenvalue weighted by Gasteiger charge is 2.21. The topological polar surface area (TPSA) is 49.6 Å². The lowest BCUT2D eigenvalue weighted by Gasteiger charge is -2.28. The van der Waals surface area contributed by atoms with Gasteiger partial charge in [-0.3, -0.25) is 4.79 Å². The quantitative estimate of drug-likeness (QED) is 0.898. The van der Waals surface area contributed by atoms with Gasteiger partial charge in [0.2, 0.25) is 5.91 Å². The molecule has 1 heterocycles. The number of amides is 1. The lowest BCUT2D eigenvalue weighted by Crippen LogP contribution is -2.31. The molecule has 1 unspecified atom stereocenters. The summed E-state index contributed by atoms with van der Waals surface area (Å²) in [5, 5.41) is 0. The van der Waals surface area contributed by atoms with Gasteiger partial charge in [0.25, 0.3) is 0 Å². The zero-order chi connectivity index (χ0) is 14.0. The molecule has 0 bridgehead atoms. The molecule has 0 aromatic heterocycles. The smallest absolute Gasteiger partial charge is 0.227 e. The van der Waals surface area contributed by atoms with E-state index in [1.165, 1.54) is 11.3 Å². The molecule has 1 aromatic carbocycles. The van der Waals surface area contributed by atoms with Crippen molar-refractivity contribution in [1.82, 2.24) is 0 Å². The van der Waals surface area contributed by atoms with Crippen molar-refractivity contribution < 1.29 is 4.79 Å². The summed E-state index contributed by atoms with van der Waals surface area (Å²) < 4.78 is 0. The Kier molecular flexibility index (Phi) is 4.10. The molecule has 0 spiro atoms. The van der Waals surface area contributed by atoms with Crippen LogP contribution < -0.4 is 15.5 Å². The van der Waals surface area contributed by atoms with Crippen LogP contribution in [0.25, 0.3) is 0 Å². The van der Waals surface area contributed by atoms with E-state index in [0.29, 0.717) is 6.42 Å². The van der Waals surface area contributed by atoms with Crippen LogP contribution in [0.5, 0.6) is 0 Å². The molecule has 1 aromatic rings. The van der Waals surface area contributed by atoms with E-state index in [2.05, 4.69) is 24.1 Å². The number of nitrogens with two attached hydrogens (primary N) is 1. The lowest BCUT2D eigenvalue weighted by atomic mass is 10.0. The van der Waals surface area contributed by atoms with Crippen molar-refractivity contribution in [2.24, 2.45) is 5.73 Å². The number of aryl methyl sites for hydroxylation is 1. The molecule has 0 aliphatic carbocycles. The number of fused-ring (bicyclic) bond motifs is 1. The minimum atomic E-state index is 0.200. The molecule has 1 amide bonds. The van der Waals surface area contributed by atoms with Gasteiger partial charge in [0, 0.05) is 44.5 Å². The molecule has 0 fully saturated rings. The molecule has 4 nitrogen and oxygen atoms in total. The summed E-state index contributed by atoms with van der Waals surface area (Å²) in [5.41, 5.74) is 9.29. The molecule has 0 radical (unpaired) electrons. The van der Waals surface area contributed by atoms with Crippen molar-refractivity contribution in [3.8, 4) is 0 Å². The molecule has 0 saturated carbocycles. The average Bonchev–Trinajstić information content (AvgIpc) is 2.40. The minimum absolute atomic E-state index is 0.200. The molecule has 1 atom stereocenters. The number of hydrogen-bond donors (Lipinski definition) is 1. The molecule has 1 aliphatic heterocycles. The predicted octanol–water partition coefficient (Wildman–Crippen LogP) is 1.77. The Morgan fingerprint density at radius 3 is 2.84 bits per heavy atom. The third-order valence-electron chi connectivity index (χ3n) is 3.77. The summed E-state index contributed by atoms with van der Waals surface area (Å²) in [5.74, 6) is 0.200. The lowest BCUT2D eigenvalue weighted by molar-refractivity contribution is -0.118. The third-order valence-corrected chi connectivity index (χ3v) is 3.77. The molecule has 2 rings (SSSR count). The second-order valence-corrected chi connectivity index (χ2v) is 5.45. The first-order chi connectivity index (χ1) is 8.99. The summed E-state index contributed by atoms with van der Waals surface area (Å²) in [6.07, 6.45) is 2.43. The first-order valence-corrected chi connectivity index (χ1v) is 6.85. The second-order valence-electron chi connectivity index (χ2n) is 5.45. The van der Waals surface area contributed by atoms with Crippen LogP contribution in [0.4, 0.5) is 11.4 Å². The second kappa shape index (κ2) is 5.61. The summed E-state index contributed by atoms with van der Waals surface area (Å²) in [6.45, 7) is 2.98. The molecule has 1 aliphatic rings. The highest BCUT2D eigenvalue weighted by Crippen LogP contribution is 2.30. The van der Waals surface area contributed by atoms with Crippen LogP contribution >= 0.6 is 0 Å². The number of carbonyl (C=O) groups is 1. The van der Waals surface area contributed by atoms with Gasteiger partial charge in [-0.2, -0.15) is 0 Å². The van der Waals surface area contributed by atoms with Crippen LogP contribution in [0.15, 0.2) is 18.2 Å². The number of nitrogens with zero attached hydrogens (tertiary/aromatic N) is 2. The fraction of sp³-hybridized carbons (Fsp3) is 0.533. The van der Waals surface area contributed by atoms with Crippen LogP contribution in [0.3, 0.4) is 0 Å². The van der Waals surface area contributed by atoms with Gasteiger partial charge in [0.15, 0.2) is 0 Å². The van der Waals surface area contributed by atoms with E-state index in [-0.39, 0.29) is 11.9 Å². The summed E-state index contributed by atoms with van der Waals surface area (Å²) in [6, 6.07) is 6.54. The van der Waals surface area contributed by atoms with Crippen LogP contribution in [-0.4, -0.2) is 32.6 Å². The highest BCUT2D eigenvalue weighted by atomic mass is 16.2. The zero-order valence-electron chi connectivity index (χ0n) is 12.0. The Labute approximate surface area is 115 Å². The van der Waals surface area contributed by atoms with Gasteiger partial charge in [-0.1, -0.05) is 0 Å². The molecule has 2 N–H and O–H groups in total. The number of hydrogen-bond acceptors (Lipinski definition) is 3. The van der Waals surface area contributed by atoms with Gasteiger partial charge in [0.1, 0.15) is 0 Å². The Morgan fingerprint density at radius 2 is 2.16 bits per heavy atom. The van der Waals surface area contributed by atoms with E-state index < -0.39 is 0 Å². The first kappa shape index (κ1) is 13.9. The van der Waals surface area contributed by atoms with Gasteiger partial charge in [-0.05, 0) is 43.5 Å². The largest absolute Gasteiger partial charge is 0.375 e. The molecular formula is C15H23N3O. The van der Waals surface area contributed by atoms with Crippen molar-refractivity contribution in [2.75, 3.05) is 30.4 Å². The van der Waals surface area contributed by atoms with Crippen LogP contribution in [-0.2, 0) is 11.2 Å². The van der Waals surface area contributed by atoms with Gasteiger partial charge >= 0.3 is 0 Å². The normalized spacial score (nSPS) is 16.2. The highest BCUT2D eigenvalue weighted by molar-refractivity contribution is 5.96. The van der Waals surface area contributed by atoms with E-state index >= 15 is 0 Å². The molecule has 4 heteroatoms. The van der Waals surface area contributed by atoms with Crippen molar-refractivity contribution >= 4 is 17.3 Å². The molecule has 104 valence electrons. The van der Waals surface area contributed by atoms with Gasteiger partial charge in [-0.25, -0.2) is 0 Å². The SMILES string of the molecule is CC(N)CCN(C)c1ccc2c(c1)CCC(=O)N2C. The Hall–Kier alpha value is -1.55. The fourth-order valence-corrected chi connectivity index (χ4v) is 2.41. The van der Waals surface area contributed by atoms with Crippen LogP contribution in [0, 0.1) is 0 Å². The van der Waals surface area contributed by atoms with E-state index in [1.807, 2.05) is 20.0 Å². The molecule has 0 saturated heterocycles. The molecule has 19 heavy (non-hydrogen) atoms. The number of anilines is 2. The van der Waals surface area contributed by atoms with E-state index in [9.17, 15) is 4.79 Å². The maximum absolute atomic E-state index is 11.7. The average molecular weight is 261 g/mol. The number of rotatable bonds is 4. The molecular weight excluding hydrogens is 238 g/mol. The third kappa shape index (κ3) is 3.07. The summed E-state index contributed by atoms with van der Waals surface area (Å²) in [7, 11) is 3.93. The van der Waals surface area contributed by atoms with Crippen molar-refractivity contribution in [3.63, 3.8) is 0 Å². The van der Waals surface area contributed by atoms with E-state index in [1.54, 1.807) is 4.90 Å². The van der Waals surface area contributed by atoms with Crippen molar-refractivity contribution in [1.29, 1.82) is 0 Å². The monoisotopic (exact) mass is 261 g/mol. The first-order valence-electron chi connectivity index (χ1n) is 6.85. The Balaban J connectivity index is 2.15. The number of carbonyl (C=O) groups excluding carboxylic acids is 1. The van der Waals surface area contributed by atoms with Crippen molar-refractivity contribution in [2.45, 2.75) is 32.2 Å². The van der Waals surface area contributed by atoms with Crippen LogP contribution in [0.1, 0.15) is 25.3 Å². The zero-order valence-corrected chi connectivity index (χ0v) is 12.0. The predicted molar refractivity (Wildman–Crippen MR) is 79.7 cm³/mol. The summed E-state index contributed by atoms with van der Waals surface area (Å²) >= 11 is 0. The summed E-state index contributed by atoms with van der Waals surface area (Å²) in [4.78, 5) is 15.6. The van der Waals surface area contributed by atoms with Gasteiger partial charge in [0.05, 0.1) is 0 Å². The minimum Gasteiger partial charge on any atom is -0.375 e. The van der Waals surface area contributed by atoms with Gasteiger partial charge in [-0.15, -0.1) is 0 Å². The Bertz CT molecular complexity index is 470.